The molecule has 0 bridgehead atoms. The lowest BCUT2D eigenvalue weighted by Gasteiger charge is -2.01. The van der Waals surface area contributed by atoms with Gasteiger partial charge in [-0.3, -0.25) is 0 Å². The first kappa shape index (κ1) is 12.7. The summed E-state index contributed by atoms with van der Waals surface area (Å²) in [4.78, 5) is 1.40. The van der Waals surface area contributed by atoms with Crippen LogP contribution >= 0.6 is 43.2 Å². The first-order valence-corrected chi connectivity index (χ1v) is 7.62. The fraction of sp³-hybridized carbons (Fsp3) is 0.600. The number of hydrogen-bond acceptors (Lipinski definition) is 2. The maximum atomic E-state index is 3.45. The molecule has 14 heavy (non-hydrogen) atoms. The molecule has 0 unspecified atom stereocenters. The molecule has 1 N–H and O–H groups in total. The fourth-order valence-electron chi connectivity index (χ4n) is 1.18. The minimum atomic E-state index is 1.00. The molecule has 0 radical (unpaired) electrons. The second-order valence-corrected chi connectivity index (χ2v) is 5.86. The topological polar surface area (TPSA) is 12.0 Å². The molecule has 1 aromatic heterocycles. The van der Waals surface area contributed by atoms with Crippen molar-refractivity contribution in [2.75, 3.05) is 11.9 Å². The molecule has 0 saturated heterocycles. The van der Waals surface area contributed by atoms with Crippen LogP contribution < -0.4 is 5.32 Å². The molecule has 0 atom stereocenters. The molecule has 0 saturated carbocycles. The molecule has 1 rings (SSSR count). The Morgan fingerprint density at radius 3 is 2.79 bits per heavy atom. The van der Waals surface area contributed by atoms with Crippen molar-refractivity contribution < 1.29 is 0 Å². The molecule has 0 amide bonds. The van der Waals surface area contributed by atoms with E-state index in [2.05, 4.69) is 48.6 Å². The number of unbranched alkanes of at least 4 members (excludes halogenated alkanes) is 2. The summed E-state index contributed by atoms with van der Waals surface area (Å²) in [5.41, 5.74) is 0. The van der Waals surface area contributed by atoms with Crippen molar-refractivity contribution >= 4 is 43.2 Å². The van der Waals surface area contributed by atoms with Crippen LogP contribution in [0.1, 0.15) is 24.1 Å². The van der Waals surface area contributed by atoms with E-state index in [1.165, 1.54) is 28.6 Å². The second-order valence-electron chi connectivity index (χ2n) is 3.16. The number of hydrogen-bond donors (Lipinski definition) is 1. The van der Waals surface area contributed by atoms with Crippen LogP contribution in [0.15, 0.2) is 15.9 Å². The van der Waals surface area contributed by atoms with Gasteiger partial charge >= 0.3 is 0 Å². The van der Waals surface area contributed by atoms with Crippen LogP contribution in [0.25, 0.3) is 0 Å². The quantitative estimate of drug-likeness (QED) is 0.580. The Hall–Kier alpha value is 0.620. The zero-order valence-electron chi connectivity index (χ0n) is 8.06. The third-order valence-corrected chi connectivity index (χ3v) is 4.17. The fourth-order valence-corrected chi connectivity index (χ4v) is 3.00. The van der Waals surface area contributed by atoms with E-state index in [0.29, 0.717) is 0 Å². The van der Waals surface area contributed by atoms with Gasteiger partial charge in [-0.2, -0.15) is 0 Å². The van der Waals surface area contributed by atoms with Crippen LogP contribution in [0.2, 0.25) is 0 Å². The Morgan fingerprint density at radius 2 is 2.14 bits per heavy atom. The number of rotatable bonds is 7. The summed E-state index contributed by atoms with van der Waals surface area (Å²) in [5, 5.41) is 6.70. The minimum Gasteiger partial charge on any atom is -0.312 e. The lowest BCUT2D eigenvalue weighted by atomic mass is 10.2. The van der Waals surface area contributed by atoms with Gasteiger partial charge in [-0.1, -0.05) is 22.4 Å². The predicted octanol–water partition coefficient (Wildman–Crippen LogP) is 4.17. The molecule has 0 aromatic carbocycles. The molecule has 1 nitrogen and oxygen atoms in total. The van der Waals surface area contributed by atoms with Crippen molar-refractivity contribution in [2.45, 2.75) is 25.8 Å². The van der Waals surface area contributed by atoms with Crippen LogP contribution in [-0.2, 0) is 6.54 Å². The number of alkyl halides is 1. The van der Waals surface area contributed by atoms with Crippen molar-refractivity contribution in [3.05, 3.63) is 20.8 Å². The Balaban J connectivity index is 1.99. The monoisotopic (exact) mass is 339 g/mol. The SMILES string of the molecule is BrCCCCCNCc1cc(Br)cs1. The average Bonchev–Trinajstić information content (AvgIpc) is 2.58. The Labute approximate surface area is 107 Å². The maximum Gasteiger partial charge on any atom is 0.0300 e. The third-order valence-electron chi connectivity index (χ3n) is 1.91. The van der Waals surface area contributed by atoms with Gasteiger partial charge in [0.1, 0.15) is 0 Å². The normalized spacial score (nSPS) is 10.7. The summed E-state index contributed by atoms with van der Waals surface area (Å²) in [6, 6.07) is 2.18. The van der Waals surface area contributed by atoms with Gasteiger partial charge in [0, 0.05) is 26.6 Å². The van der Waals surface area contributed by atoms with Gasteiger partial charge in [0.25, 0.3) is 0 Å². The molecular formula is C10H15Br2NS. The second kappa shape index (κ2) is 7.85. The first-order valence-electron chi connectivity index (χ1n) is 4.82. The van der Waals surface area contributed by atoms with E-state index in [1.54, 1.807) is 11.3 Å². The average molecular weight is 341 g/mol. The van der Waals surface area contributed by atoms with E-state index in [-0.39, 0.29) is 0 Å². The Morgan fingerprint density at radius 1 is 1.29 bits per heavy atom. The van der Waals surface area contributed by atoms with Gasteiger partial charge in [0.15, 0.2) is 0 Å². The van der Waals surface area contributed by atoms with E-state index in [0.717, 1.165) is 18.4 Å². The zero-order valence-corrected chi connectivity index (χ0v) is 12.1. The highest BCUT2D eigenvalue weighted by atomic mass is 79.9. The van der Waals surface area contributed by atoms with Gasteiger partial charge in [-0.05, 0) is 41.4 Å². The highest BCUT2D eigenvalue weighted by Gasteiger charge is 1.96. The summed E-state index contributed by atoms with van der Waals surface area (Å²) in [6.45, 7) is 2.13. The highest BCUT2D eigenvalue weighted by molar-refractivity contribution is 9.10. The number of thiophene rings is 1. The molecule has 4 heteroatoms. The molecular weight excluding hydrogens is 326 g/mol. The molecule has 1 heterocycles. The summed E-state index contributed by atoms with van der Waals surface area (Å²) in [7, 11) is 0. The van der Waals surface area contributed by atoms with Crippen molar-refractivity contribution in [3.63, 3.8) is 0 Å². The summed E-state index contributed by atoms with van der Waals surface area (Å²) in [6.07, 6.45) is 3.87. The van der Waals surface area contributed by atoms with E-state index < -0.39 is 0 Å². The van der Waals surface area contributed by atoms with Gasteiger partial charge in [0.2, 0.25) is 0 Å². The lowest BCUT2D eigenvalue weighted by Crippen LogP contribution is -2.13. The van der Waals surface area contributed by atoms with Crippen LogP contribution in [0, 0.1) is 0 Å². The Kier molecular flexibility index (Phi) is 7.12. The molecule has 0 spiro atoms. The van der Waals surface area contributed by atoms with Crippen molar-refractivity contribution in [1.29, 1.82) is 0 Å². The summed E-state index contributed by atoms with van der Waals surface area (Å²) >= 11 is 8.69. The minimum absolute atomic E-state index is 1.00. The molecule has 0 aliphatic carbocycles. The van der Waals surface area contributed by atoms with Gasteiger partial charge in [0.05, 0.1) is 0 Å². The smallest absolute Gasteiger partial charge is 0.0300 e. The largest absolute Gasteiger partial charge is 0.312 e. The molecule has 1 aromatic rings. The van der Waals surface area contributed by atoms with Crippen molar-refractivity contribution in [2.24, 2.45) is 0 Å². The third kappa shape index (κ3) is 5.49. The van der Waals surface area contributed by atoms with Crippen molar-refractivity contribution in [3.8, 4) is 0 Å². The maximum absolute atomic E-state index is 3.45. The predicted molar refractivity (Wildman–Crippen MR) is 71.4 cm³/mol. The van der Waals surface area contributed by atoms with Crippen molar-refractivity contribution in [1.82, 2.24) is 5.32 Å². The first-order chi connectivity index (χ1) is 6.83. The van der Waals surface area contributed by atoms with Crippen LogP contribution in [0.3, 0.4) is 0 Å². The van der Waals surface area contributed by atoms with E-state index in [4.69, 9.17) is 0 Å². The molecule has 0 aliphatic heterocycles. The number of halogens is 2. The molecule has 80 valence electrons. The van der Waals surface area contributed by atoms with Gasteiger partial charge < -0.3 is 5.32 Å². The van der Waals surface area contributed by atoms with E-state index >= 15 is 0 Å². The van der Waals surface area contributed by atoms with Crippen LogP contribution in [-0.4, -0.2) is 11.9 Å². The molecule has 0 fully saturated rings. The van der Waals surface area contributed by atoms with Crippen LogP contribution in [0.5, 0.6) is 0 Å². The van der Waals surface area contributed by atoms with Gasteiger partial charge in [-0.25, -0.2) is 0 Å². The standard InChI is InChI=1S/C10H15Br2NS/c11-4-2-1-3-5-13-7-10-6-9(12)8-14-10/h6,8,13H,1-5,7H2. The van der Waals surface area contributed by atoms with Gasteiger partial charge in [-0.15, -0.1) is 11.3 Å². The van der Waals surface area contributed by atoms with Crippen LogP contribution in [0.4, 0.5) is 0 Å². The lowest BCUT2D eigenvalue weighted by molar-refractivity contribution is 0.622. The van der Waals surface area contributed by atoms with E-state index in [9.17, 15) is 0 Å². The zero-order chi connectivity index (χ0) is 10.2. The highest BCUT2D eigenvalue weighted by Crippen LogP contribution is 2.19. The Bertz CT molecular complexity index is 250. The van der Waals surface area contributed by atoms with E-state index in [1.807, 2.05) is 0 Å². The summed E-state index contributed by atoms with van der Waals surface area (Å²) in [5.74, 6) is 0. The summed E-state index contributed by atoms with van der Waals surface area (Å²) < 4.78 is 1.19. The number of nitrogens with one attached hydrogen (secondary N) is 1. The molecule has 0 aliphatic rings.